The minimum atomic E-state index is 0. The van der Waals surface area contributed by atoms with E-state index in [1.807, 2.05) is 32.0 Å². The number of ether oxygens (including phenoxy) is 1. The van der Waals surface area contributed by atoms with E-state index in [-0.39, 0.29) is 24.0 Å². The van der Waals surface area contributed by atoms with E-state index in [1.165, 1.54) is 0 Å². The molecule has 2 rings (SSSR count). The van der Waals surface area contributed by atoms with Crippen molar-refractivity contribution in [3.8, 4) is 0 Å². The SMILES string of the molecule is CCOCCCNC(N)=NCc1nc2c(C)cccc2[nH]1.I. The molecule has 0 unspecified atom stereocenters. The summed E-state index contributed by atoms with van der Waals surface area (Å²) < 4.78 is 5.25. The average Bonchev–Trinajstić information content (AvgIpc) is 2.89. The van der Waals surface area contributed by atoms with Gasteiger partial charge in [-0.05, 0) is 31.9 Å². The largest absolute Gasteiger partial charge is 0.382 e. The molecule has 22 heavy (non-hydrogen) atoms. The van der Waals surface area contributed by atoms with Gasteiger partial charge in [0.1, 0.15) is 12.4 Å². The lowest BCUT2D eigenvalue weighted by atomic mass is 10.2. The second kappa shape index (κ2) is 9.62. The molecule has 0 aliphatic rings. The molecule has 0 aliphatic heterocycles. The lowest BCUT2D eigenvalue weighted by molar-refractivity contribution is 0.145. The molecule has 7 heteroatoms. The van der Waals surface area contributed by atoms with E-state index < -0.39 is 0 Å². The number of benzene rings is 1. The fourth-order valence-electron chi connectivity index (χ4n) is 2.05. The third kappa shape index (κ3) is 5.45. The van der Waals surface area contributed by atoms with Crippen molar-refractivity contribution in [2.24, 2.45) is 10.7 Å². The Bertz CT molecular complexity index is 611. The van der Waals surface area contributed by atoms with Gasteiger partial charge in [-0.1, -0.05) is 12.1 Å². The summed E-state index contributed by atoms with van der Waals surface area (Å²) in [5.74, 6) is 1.25. The van der Waals surface area contributed by atoms with Crippen molar-refractivity contribution >= 4 is 41.0 Å². The number of fused-ring (bicyclic) bond motifs is 1. The first-order valence-corrected chi connectivity index (χ1v) is 7.26. The van der Waals surface area contributed by atoms with Crippen LogP contribution >= 0.6 is 24.0 Å². The van der Waals surface area contributed by atoms with Gasteiger partial charge >= 0.3 is 0 Å². The molecule has 0 atom stereocenters. The second-order valence-electron chi connectivity index (χ2n) is 4.83. The number of aryl methyl sites for hydroxylation is 1. The second-order valence-corrected chi connectivity index (χ2v) is 4.83. The lowest BCUT2D eigenvalue weighted by Crippen LogP contribution is -2.32. The summed E-state index contributed by atoms with van der Waals surface area (Å²) in [6, 6.07) is 6.07. The molecule has 0 amide bonds. The monoisotopic (exact) mass is 417 g/mol. The van der Waals surface area contributed by atoms with E-state index >= 15 is 0 Å². The van der Waals surface area contributed by atoms with E-state index in [1.54, 1.807) is 0 Å². The van der Waals surface area contributed by atoms with E-state index in [0.29, 0.717) is 12.5 Å². The van der Waals surface area contributed by atoms with Crippen LogP contribution in [0.25, 0.3) is 11.0 Å². The molecule has 0 aliphatic carbocycles. The van der Waals surface area contributed by atoms with Crippen LogP contribution in [0.3, 0.4) is 0 Å². The summed E-state index contributed by atoms with van der Waals surface area (Å²) >= 11 is 0. The number of imidazole rings is 1. The standard InChI is InChI=1S/C15H23N5O.HI/c1-3-21-9-5-8-17-15(16)18-10-13-19-12-7-4-6-11(2)14(12)20-13;/h4,6-7H,3,5,8-10H2,1-2H3,(H,19,20)(H3,16,17,18);1H. The van der Waals surface area contributed by atoms with Crippen molar-refractivity contribution in [1.82, 2.24) is 15.3 Å². The molecular weight excluding hydrogens is 393 g/mol. The van der Waals surface area contributed by atoms with Crippen molar-refractivity contribution in [2.45, 2.75) is 26.8 Å². The van der Waals surface area contributed by atoms with Crippen LogP contribution in [-0.2, 0) is 11.3 Å². The number of nitrogens with two attached hydrogens (primary N) is 1. The predicted octanol–water partition coefficient (Wildman–Crippen LogP) is 2.32. The number of rotatable bonds is 7. The third-order valence-electron chi connectivity index (χ3n) is 3.14. The maximum absolute atomic E-state index is 5.82. The number of nitrogens with zero attached hydrogens (tertiary/aromatic N) is 2. The molecule has 122 valence electrons. The smallest absolute Gasteiger partial charge is 0.189 e. The average molecular weight is 417 g/mol. The summed E-state index contributed by atoms with van der Waals surface area (Å²) in [6.07, 6.45) is 0.911. The van der Waals surface area contributed by atoms with Crippen LogP contribution in [0.1, 0.15) is 24.7 Å². The molecule has 0 bridgehead atoms. The highest BCUT2D eigenvalue weighted by Gasteiger charge is 2.04. The van der Waals surface area contributed by atoms with Crippen molar-refractivity contribution in [3.05, 3.63) is 29.6 Å². The fraction of sp³-hybridized carbons (Fsp3) is 0.467. The van der Waals surface area contributed by atoms with Crippen molar-refractivity contribution in [2.75, 3.05) is 19.8 Å². The summed E-state index contributed by atoms with van der Waals surface area (Å²) in [6.45, 7) is 6.71. The summed E-state index contributed by atoms with van der Waals surface area (Å²) in [7, 11) is 0. The highest BCUT2D eigenvalue weighted by Crippen LogP contribution is 2.15. The summed E-state index contributed by atoms with van der Waals surface area (Å²) in [5.41, 5.74) is 8.99. The van der Waals surface area contributed by atoms with E-state index in [9.17, 15) is 0 Å². The lowest BCUT2D eigenvalue weighted by Gasteiger charge is -2.05. The Morgan fingerprint density at radius 2 is 2.27 bits per heavy atom. The molecule has 0 fully saturated rings. The van der Waals surface area contributed by atoms with E-state index in [2.05, 4.69) is 20.3 Å². The first kappa shape index (κ1) is 18.7. The first-order valence-electron chi connectivity index (χ1n) is 7.26. The van der Waals surface area contributed by atoms with Crippen LogP contribution in [0, 0.1) is 6.92 Å². The Balaban J connectivity index is 0.00000242. The highest BCUT2D eigenvalue weighted by atomic mass is 127. The van der Waals surface area contributed by atoms with Gasteiger partial charge in [0.2, 0.25) is 0 Å². The molecule has 1 aromatic carbocycles. The van der Waals surface area contributed by atoms with Gasteiger partial charge in [-0.15, -0.1) is 24.0 Å². The van der Waals surface area contributed by atoms with Crippen LogP contribution in [0.15, 0.2) is 23.2 Å². The molecule has 0 spiro atoms. The Hall–Kier alpha value is -1.35. The number of H-pyrrole nitrogens is 1. The number of para-hydroxylation sites is 1. The van der Waals surface area contributed by atoms with Gasteiger partial charge in [-0.3, -0.25) is 0 Å². The Labute approximate surface area is 148 Å². The Kier molecular flexibility index (Phi) is 8.18. The van der Waals surface area contributed by atoms with Crippen LogP contribution in [0.4, 0.5) is 0 Å². The molecule has 0 radical (unpaired) electrons. The number of hydrogen-bond acceptors (Lipinski definition) is 3. The van der Waals surface area contributed by atoms with Crippen LogP contribution in [-0.4, -0.2) is 35.7 Å². The number of aromatic nitrogens is 2. The summed E-state index contributed by atoms with van der Waals surface area (Å²) in [4.78, 5) is 12.1. The maximum Gasteiger partial charge on any atom is 0.189 e. The third-order valence-corrected chi connectivity index (χ3v) is 3.14. The van der Waals surface area contributed by atoms with Gasteiger partial charge in [-0.2, -0.15) is 0 Å². The number of halogens is 1. The highest BCUT2D eigenvalue weighted by molar-refractivity contribution is 14.0. The van der Waals surface area contributed by atoms with Gasteiger partial charge < -0.3 is 20.8 Å². The van der Waals surface area contributed by atoms with Gasteiger partial charge in [0, 0.05) is 19.8 Å². The zero-order chi connectivity index (χ0) is 15.1. The molecule has 1 heterocycles. The minimum Gasteiger partial charge on any atom is -0.382 e. The molecule has 2 aromatic rings. The quantitative estimate of drug-likeness (QED) is 0.279. The van der Waals surface area contributed by atoms with Gasteiger partial charge in [0.05, 0.1) is 11.0 Å². The molecule has 0 saturated heterocycles. The Morgan fingerprint density at radius 1 is 1.45 bits per heavy atom. The van der Waals surface area contributed by atoms with E-state index in [0.717, 1.165) is 48.6 Å². The topological polar surface area (TPSA) is 88.3 Å². The van der Waals surface area contributed by atoms with E-state index in [4.69, 9.17) is 10.5 Å². The van der Waals surface area contributed by atoms with Crippen LogP contribution in [0.5, 0.6) is 0 Å². The minimum absolute atomic E-state index is 0. The van der Waals surface area contributed by atoms with Crippen LogP contribution < -0.4 is 11.1 Å². The van der Waals surface area contributed by atoms with Gasteiger partial charge in [0.15, 0.2) is 5.96 Å². The fourth-order valence-corrected chi connectivity index (χ4v) is 2.05. The zero-order valence-electron chi connectivity index (χ0n) is 13.1. The zero-order valence-corrected chi connectivity index (χ0v) is 15.4. The number of guanidine groups is 1. The molecule has 1 aromatic heterocycles. The number of aliphatic imine (C=N–C) groups is 1. The number of nitrogens with one attached hydrogen (secondary N) is 2. The normalized spacial score (nSPS) is 11.5. The molecular formula is C15H24IN5O. The number of aromatic amines is 1. The van der Waals surface area contributed by atoms with Crippen LogP contribution in [0.2, 0.25) is 0 Å². The van der Waals surface area contributed by atoms with Crippen molar-refractivity contribution in [1.29, 1.82) is 0 Å². The van der Waals surface area contributed by atoms with Crippen molar-refractivity contribution in [3.63, 3.8) is 0 Å². The molecule has 6 nitrogen and oxygen atoms in total. The predicted molar refractivity (Wildman–Crippen MR) is 101 cm³/mol. The van der Waals surface area contributed by atoms with Gasteiger partial charge in [-0.25, -0.2) is 9.98 Å². The van der Waals surface area contributed by atoms with Gasteiger partial charge in [0.25, 0.3) is 0 Å². The number of hydrogen-bond donors (Lipinski definition) is 3. The Morgan fingerprint density at radius 3 is 3.00 bits per heavy atom. The van der Waals surface area contributed by atoms with Crippen molar-refractivity contribution < 1.29 is 4.74 Å². The first-order chi connectivity index (χ1) is 10.2. The summed E-state index contributed by atoms with van der Waals surface area (Å²) in [5, 5.41) is 3.06. The molecule has 0 saturated carbocycles. The molecule has 4 N–H and O–H groups in total. The maximum atomic E-state index is 5.82.